The van der Waals surface area contributed by atoms with E-state index in [1.807, 2.05) is 0 Å². The molecule has 0 heterocycles. The third kappa shape index (κ3) is 3.01. The Hall–Kier alpha value is -1.83. The molecule has 2 nitrogen and oxygen atoms in total. The number of rotatable bonds is 3. The minimum atomic E-state index is -3.01. The van der Waals surface area contributed by atoms with Crippen LogP contribution in [0.3, 0.4) is 0 Å². The van der Waals surface area contributed by atoms with E-state index < -0.39 is 6.61 Å². The number of halogens is 4. The molecule has 0 aliphatic rings. The fourth-order valence-electron chi connectivity index (χ4n) is 1.70. The molecule has 0 aliphatic heterocycles. The summed E-state index contributed by atoms with van der Waals surface area (Å²) in [5.74, 6) is -0.198. The van der Waals surface area contributed by atoms with Gasteiger partial charge in [0.15, 0.2) is 0 Å². The van der Waals surface area contributed by atoms with Gasteiger partial charge in [-0.15, -0.1) is 0 Å². The molecule has 0 N–H and O–H groups in total. The van der Waals surface area contributed by atoms with Crippen molar-refractivity contribution in [3.63, 3.8) is 0 Å². The quantitative estimate of drug-likeness (QED) is 0.786. The predicted octanol–water partition coefficient (Wildman–Crippen LogP) is 5.13. The highest BCUT2D eigenvalue weighted by Gasteiger charge is 2.13. The van der Waals surface area contributed by atoms with Crippen LogP contribution in [0.25, 0.3) is 11.1 Å². The zero-order valence-corrected chi connectivity index (χ0v) is 11.4. The van der Waals surface area contributed by atoms with Crippen LogP contribution in [0.15, 0.2) is 36.4 Å². The Balaban J connectivity index is 2.53. The number of hydrogen-bond donors (Lipinski definition) is 0. The largest absolute Gasteiger partial charge is 0.433 e. The third-order valence-electron chi connectivity index (χ3n) is 2.58. The lowest BCUT2D eigenvalue weighted by atomic mass is 10.0. The van der Waals surface area contributed by atoms with Crippen molar-refractivity contribution >= 4 is 23.2 Å². The van der Waals surface area contributed by atoms with Gasteiger partial charge in [-0.05, 0) is 23.8 Å². The minimum Gasteiger partial charge on any atom is -0.433 e. The molecule has 0 amide bonds. The maximum Gasteiger partial charge on any atom is 0.387 e. The number of hydrogen-bond acceptors (Lipinski definition) is 2. The van der Waals surface area contributed by atoms with Crippen molar-refractivity contribution in [3.05, 3.63) is 52.0 Å². The number of nitrogens with zero attached hydrogens (tertiary/aromatic N) is 1. The van der Waals surface area contributed by atoms with E-state index in [1.54, 1.807) is 30.3 Å². The third-order valence-corrected chi connectivity index (χ3v) is 3.40. The molecule has 102 valence electrons. The Morgan fingerprint density at radius 2 is 1.90 bits per heavy atom. The summed E-state index contributed by atoms with van der Waals surface area (Å²) in [7, 11) is 0. The van der Waals surface area contributed by atoms with E-state index in [0.29, 0.717) is 21.2 Å². The molecule has 20 heavy (non-hydrogen) atoms. The molecule has 0 radical (unpaired) electrons. The van der Waals surface area contributed by atoms with Gasteiger partial charge in [-0.25, -0.2) is 0 Å². The standard InChI is InChI=1S/C14H7Cl2F2NO/c15-11-3-1-2-10(13(11)16)8-4-5-9(7-19)12(6-8)20-14(17)18/h1-6,14H. The summed E-state index contributed by atoms with van der Waals surface area (Å²) in [5.41, 5.74) is 1.13. The lowest BCUT2D eigenvalue weighted by Crippen LogP contribution is -2.03. The van der Waals surface area contributed by atoms with Crippen LogP contribution in [0, 0.1) is 11.3 Å². The van der Waals surface area contributed by atoms with Crippen molar-refractivity contribution in [2.24, 2.45) is 0 Å². The minimum absolute atomic E-state index is 0.0206. The zero-order chi connectivity index (χ0) is 14.7. The molecule has 0 saturated heterocycles. The van der Waals surface area contributed by atoms with Crippen molar-refractivity contribution in [2.45, 2.75) is 6.61 Å². The SMILES string of the molecule is N#Cc1ccc(-c2cccc(Cl)c2Cl)cc1OC(F)F. The first-order valence-electron chi connectivity index (χ1n) is 5.46. The summed E-state index contributed by atoms with van der Waals surface area (Å²) in [4.78, 5) is 0. The van der Waals surface area contributed by atoms with E-state index in [1.165, 1.54) is 12.1 Å². The zero-order valence-electron chi connectivity index (χ0n) is 9.91. The molecule has 0 aliphatic carbocycles. The van der Waals surface area contributed by atoms with Gasteiger partial charge in [0.1, 0.15) is 11.8 Å². The van der Waals surface area contributed by atoms with Crippen LogP contribution >= 0.6 is 23.2 Å². The molecule has 0 aromatic heterocycles. The number of ether oxygens (including phenoxy) is 1. The second-order valence-corrected chi connectivity index (χ2v) is 4.59. The number of alkyl halides is 2. The van der Waals surface area contributed by atoms with Gasteiger partial charge in [0, 0.05) is 5.56 Å². The van der Waals surface area contributed by atoms with Crippen LogP contribution in [0.2, 0.25) is 10.0 Å². The van der Waals surface area contributed by atoms with Gasteiger partial charge >= 0.3 is 6.61 Å². The monoisotopic (exact) mass is 313 g/mol. The Bertz CT molecular complexity index is 683. The average molecular weight is 314 g/mol. The lowest BCUT2D eigenvalue weighted by molar-refractivity contribution is -0.0500. The molecular weight excluding hydrogens is 307 g/mol. The van der Waals surface area contributed by atoms with Gasteiger partial charge in [-0.1, -0.05) is 41.4 Å². The van der Waals surface area contributed by atoms with Gasteiger partial charge in [0.2, 0.25) is 0 Å². The molecule has 0 saturated carbocycles. The van der Waals surface area contributed by atoms with Crippen LogP contribution in [0.5, 0.6) is 5.75 Å². The number of nitriles is 1. The summed E-state index contributed by atoms with van der Waals surface area (Å²) >= 11 is 12.0. The first-order valence-corrected chi connectivity index (χ1v) is 6.22. The predicted molar refractivity (Wildman–Crippen MR) is 73.2 cm³/mol. The van der Waals surface area contributed by atoms with Crippen molar-refractivity contribution in [1.29, 1.82) is 5.26 Å². The molecule has 2 aromatic carbocycles. The Kier molecular flexibility index (Phi) is 4.43. The molecule has 2 aromatic rings. The number of benzene rings is 2. The van der Waals surface area contributed by atoms with Crippen molar-refractivity contribution in [3.8, 4) is 22.9 Å². The van der Waals surface area contributed by atoms with Crippen molar-refractivity contribution in [1.82, 2.24) is 0 Å². The molecule has 0 unspecified atom stereocenters. The molecule has 0 spiro atoms. The van der Waals surface area contributed by atoms with Crippen molar-refractivity contribution in [2.75, 3.05) is 0 Å². The Morgan fingerprint density at radius 3 is 2.55 bits per heavy atom. The van der Waals surface area contributed by atoms with E-state index in [0.717, 1.165) is 0 Å². The van der Waals surface area contributed by atoms with Gasteiger partial charge < -0.3 is 4.74 Å². The average Bonchev–Trinajstić information content (AvgIpc) is 2.41. The van der Waals surface area contributed by atoms with Crippen LogP contribution < -0.4 is 4.74 Å². The fraction of sp³-hybridized carbons (Fsp3) is 0.0714. The van der Waals surface area contributed by atoms with Crippen LogP contribution in [-0.2, 0) is 0 Å². The molecular formula is C14H7Cl2F2NO. The highest BCUT2D eigenvalue weighted by atomic mass is 35.5. The molecule has 0 fully saturated rings. The van der Waals surface area contributed by atoms with Gasteiger partial charge in [-0.3, -0.25) is 0 Å². The first-order chi connectivity index (χ1) is 9.52. The van der Waals surface area contributed by atoms with Gasteiger partial charge in [0.05, 0.1) is 15.6 Å². The van der Waals surface area contributed by atoms with E-state index in [9.17, 15) is 8.78 Å². The highest BCUT2D eigenvalue weighted by molar-refractivity contribution is 6.43. The van der Waals surface area contributed by atoms with Crippen LogP contribution in [-0.4, -0.2) is 6.61 Å². The van der Waals surface area contributed by atoms with E-state index >= 15 is 0 Å². The summed E-state index contributed by atoms with van der Waals surface area (Å²) in [5, 5.41) is 9.53. The van der Waals surface area contributed by atoms with E-state index in [4.69, 9.17) is 28.5 Å². The fourth-order valence-corrected chi connectivity index (χ4v) is 2.11. The molecule has 2 rings (SSSR count). The summed E-state index contributed by atoms with van der Waals surface area (Å²) in [6.45, 7) is -3.01. The Morgan fingerprint density at radius 1 is 1.15 bits per heavy atom. The summed E-state index contributed by atoms with van der Waals surface area (Å²) < 4.78 is 29.0. The first kappa shape index (κ1) is 14.6. The maximum absolute atomic E-state index is 12.3. The topological polar surface area (TPSA) is 33.0 Å². The normalized spacial score (nSPS) is 10.4. The molecule has 0 atom stereocenters. The maximum atomic E-state index is 12.3. The second-order valence-electron chi connectivity index (χ2n) is 3.80. The molecule has 0 bridgehead atoms. The lowest BCUT2D eigenvalue weighted by Gasteiger charge is -2.10. The van der Waals surface area contributed by atoms with Crippen LogP contribution in [0.4, 0.5) is 8.78 Å². The van der Waals surface area contributed by atoms with E-state index in [2.05, 4.69) is 4.74 Å². The van der Waals surface area contributed by atoms with Gasteiger partial charge in [0.25, 0.3) is 0 Å². The second kappa shape index (κ2) is 6.08. The summed E-state index contributed by atoms with van der Waals surface area (Å²) in [6.07, 6.45) is 0. The smallest absolute Gasteiger partial charge is 0.387 e. The van der Waals surface area contributed by atoms with Crippen molar-refractivity contribution < 1.29 is 13.5 Å². The van der Waals surface area contributed by atoms with Gasteiger partial charge in [-0.2, -0.15) is 14.0 Å². The Labute approximate surface area is 124 Å². The van der Waals surface area contributed by atoms with E-state index in [-0.39, 0.29) is 11.3 Å². The molecule has 6 heteroatoms. The highest BCUT2D eigenvalue weighted by Crippen LogP contribution is 2.35. The van der Waals surface area contributed by atoms with Crippen LogP contribution in [0.1, 0.15) is 5.56 Å². The summed E-state index contributed by atoms with van der Waals surface area (Å²) in [6, 6.07) is 11.1.